The highest BCUT2D eigenvalue weighted by molar-refractivity contribution is 7.21. The number of halogens is 1. The van der Waals surface area contributed by atoms with Crippen LogP contribution in [0.25, 0.3) is 10.1 Å². The third kappa shape index (κ3) is 2.75. The molecule has 0 amide bonds. The van der Waals surface area contributed by atoms with Gasteiger partial charge in [0.25, 0.3) is 0 Å². The molecule has 1 aromatic heterocycles. The Kier molecular flexibility index (Phi) is 4.15. The number of aromatic carboxylic acids is 1. The van der Waals surface area contributed by atoms with Crippen molar-refractivity contribution in [1.82, 2.24) is 5.32 Å². The van der Waals surface area contributed by atoms with E-state index in [0.717, 1.165) is 11.3 Å². The molecule has 0 aliphatic heterocycles. The maximum atomic E-state index is 13.9. The lowest BCUT2D eigenvalue weighted by Crippen LogP contribution is -2.15. The van der Waals surface area contributed by atoms with E-state index in [-0.39, 0.29) is 4.88 Å². The number of carboxylic acids is 1. The normalized spacial score (nSPS) is 10.5. The van der Waals surface area contributed by atoms with Crippen molar-refractivity contribution in [3.8, 4) is 12.3 Å². The molecular formula is C14H12FNO2S. The predicted octanol–water partition coefficient (Wildman–Crippen LogP) is 2.85. The molecule has 0 saturated carbocycles. The Morgan fingerprint density at radius 1 is 1.53 bits per heavy atom. The van der Waals surface area contributed by atoms with E-state index >= 15 is 0 Å². The molecule has 0 aliphatic rings. The molecule has 0 spiro atoms. The number of hydrogen-bond acceptors (Lipinski definition) is 3. The molecule has 2 rings (SSSR count). The molecule has 0 fully saturated rings. The van der Waals surface area contributed by atoms with Crippen LogP contribution < -0.4 is 5.32 Å². The average Bonchev–Trinajstić information content (AvgIpc) is 2.75. The first-order valence-corrected chi connectivity index (χ1v) is 6.54. The lowest BCUT2D eigenvalue weighted by Gasteiger charge is -2.04. The Balaban J connectivity index is 2.40. The highest BCUT2D eigenvalue weighted by Gasteiger charge is 2.19. The minimum atomic E-state index is -1.03. The van der Waals surface area contributed by atoms with Crippen molar-refractivity contribution in [1.29, 1.82) is 0 Å². The highest BCUT2D eigenvalue weighted by atomic mass is 32.1. The van der Waals surface area contributed by atoms with Gasteiger partial charge in [-0.1, -0.05) is 6.07 Å². The second-order valence-corrected chi connectivity index (χ2v) is 5.01. The second-order valence-electron chi connectivity index (χ2n) is 3.96. The van der Waals surface area contributed by atoms with Crippen LogP contribution in [-0.4, -0.2) is 17.6 Å². The Labute approximate surface area is 114 Å². The van der Waals surface area contributed by atoms with Crippen molar-refractivity contribution in [3.63, 3.8) is 0 Å². The molecule has 0 radical (unpaired) electrons. The van der Waals surface area contributed by atoms with Gasteiger partial charge in [0.1, 0.15) is 10.7 Å². The molecule has 0 unspecified atom stereocenters. The summed E-state index contributed by atoms with van der Waals surface area (Å²) in [7, 11) is 0. The van der Waals surface area contributed by atoms with E-state index < -0.39 is 11.8 Å². The van der Waals surface area contributed by atoms with E-state index in [2.05, 4.69) is 11.2 Å². The summed E-state index contributed by atoms with van der Waals surface area (Å²) >= 11 is 1.09. The molecule has 0 atom stereocenters. The Hall–Kier alpha value is -1.90. The van der Waals surface area contributed by atoms with Crippen LogP contribution in [-0.2, 0) is 6.54 Å². The molecule has 5 heteroatoms. The zero-order chi connectivity index (χ0) is 13.8. The molecule has 1 aromatic carbocycles. The van der Waals surface area contributed by atoms with Gasteiger partial charge in [0.2, 0.25) is 0 Å². The lowest BCUT2D eigenvalue weighted by molar-refractivity contribution is 0.0701. The number of carbonyl (C=O) groups is 1. The summed E-state index contributed by atoms with van der Waals surface area (Å²) in [6.07, 6.45) is 5.69. The number of rotatable bonds is 5. The van der Waals surface area contributed by atoms with Crippen molar-refractivity contribution in [2.45, 2.75) is 13.0 Å². The molecule has 98 valence electrons. The number of benzene rings is 1. The van der Waals surface area contributed by atoms with Crippen LogP contribution in [0, 0.1) is 18.2 Å². The first kappa shape index (κ1) is 13.5. The van der Waals surface area contributed by atoms with Gasteiger partial charge in [0, 0.05) is 35.2 Å². The Morgan fingerprint density at radius 3 is 3.00 bits per heavy atom. The smallest absolute Gasteiger partial charge is 0.346 e. The van der Waals surface area contributed by atoms with E-state index in [0.29, 0.717) is 35.2 Å². The summed E-state index contributed by atoms with van der Waals surface area (Å²) < 4.78 is 14.5. The van der Waals surface area contributed by atoms with Gasteiger partial charge in [-0.3, -0.25) is 0 Å². The summed E-state index contributed by atoms with van der Waals surface area (Å²) in [5, 5.41) is 12.6. The van der Waals surface area contributed by atoms with E-state index in [1.807, 2.05) is 0 Å². The summed E-state index contributed by atoms with van der Waals surface area (Å²) in [5.41, 5.74) is 0.489. The van der Waals surface area contributed by atoms with Crippen molar-refractivity contribution in [3.05, 3.63) is 34.5 Å². The van der Waals surface area contributed by atoms with Gasteiger partial charge < -0.3 is 10.4 Å². The number of thiophene rings is 1. The Morgan fingerprint density at radius 2 is 2.32 bits per heavy atom. The molecule has 0 saturated heterocycles. The second kappa shape index (κ2) is 5.83. The van der Waals surface area contributed by atoms with Gasteiger partial charge in [0.05, 0.1) is 0 Å². The maximum Gasteiger partial charge on any atom is 0.346 e. The minimum absolute atomic E-state index is 0.174. The van der Waals surface area contributed by atoms with Crippen LogP contribution >= 0.6 is 11.3 Å². The molecule has 2 aromatic rings. The third-order valence-electron chi connectivity index (χ3n) is 2.71. The van der Waals surface area contributed by atoms with Crippen molar-refractivity contribution in [2.24, 2.45) is 0 Å². The molecule has 19 heavy (non-hydrogen) atoms. The summed E-state index contributed by atoms with van der Waals surface area (Å²) in [4.78, 5) is 11.4. The topological polar surface area (TPSA) is 49.3 Å². The van der Waals surface area contributed by atoms with Crippen LogP contribution in [0.15, 0.2) is 18.2 Å². The van der Waals surface area contributed by atoms with Gasteiger partial charge in [-0.05, 0) is 12.1 Å². The minimum Gasteiger partial charge on any atom is -0.477 e. The van der Waals surface area contributed by atoms with E-state index in [9.17, 15) is 14.3 Å². The third-order valence-corrected chi connectivity index (χ3v) is 3.89. The fourth-order valence-electron chi connectivity index (χ4n) is 1.88. The number of terminal acetylenes is 1. The fraction of sp³-hybridized carbons (Fsp3) is 0.214. The van der Waals surface area contributed by atoms with Gasteiger partial charge in [-0.25, -0.2) is 9.18 Å². The van der Waals surface area contributed by atoms with Crippen molar-refractivity contribution >= 4 is 27.4 Å². The van der Waals surface area contributed by atoms with E-state index in [1.54, 1.807) is 12.1 Å². The van der Waals surface area contributed by atoms with Gasteiger partial charge in [-0.15, -0.1) is 23.7 Å². The first-order chi connectivity index (χ1) is 9.15. The summed E-state index contributed by atoms with van der Waals surface area (Å²) in [5.74, 6) is 1.06. The largest absolute Gasteiger partial charge is 0.477 e. The summed E-state index contributed by atoms with van der Waals surface area (Å²) in [6, 6.07) is 4.64. The Bertz CT molecular complexity index is 657. The van der Waals surface area contributed by atoms with Crippen LogP contribution in [0.4, 0.5) is 4.39 Å². The predicted molar refractivity (Wildman–Crippen MR) is 73.9 cm³/mol. The van der Waals surface area contributed by atoms with E-state index in [1.165, 1.54) is 6.07 Å². The molecular weight excluding hydrogens is 265 g/mol. The van der Waals surface area contributed by atoms with Crippen molar-refractivity contribution in [2.75, 3.05) is 6.54 Å². The number of fused-ring (bicyclic) bond motifs is 1. The van der Waals surface area contributed by atoms with Crippen LogP contribution in [0.1, 0.15) is 21.7 Å². The molecule has 1 heterocycles. The quantitative estimate of drug-likeness (QED) is 0.652. The van der Waals surface area contributed by atoms with Crippen molar-refractivity contribution < 1.29 is 14.3 Å². The van der Waals surface area contributed by atoms with E-state index in [4.69, 9.17) is 6.42 Å². The zero-order valence-electron chi connectivity index (χ0n) is 10.1. The fourth-order valence-corrected chi connectivity index (χ4v) is 2.96. The molecule has 3 nitrogen and oxygen atoms in total. The summed E-state index contributed by atoms with van der Waals surface area (Å²) in [6.45, 7) is 0.867. The molecule has 0 bridgehead atoms. The molecule has 2 N–H and O–H groups in total. The number of nitrogens with one attached hydrogen (secondary N) is 1. The van der Waals surface area contributed by atoms with Crippen LogP contribution in [0.2, 0.25) is 0 Å². The van der Waals surface area contributed by atoms with Gasteiger partial charge in [-0.2, -0.15) is 0 Å². The maximum absolute atomic E-state index is 13.9. The zero-order valence-corrected chi connectivity index (χ0v) is 10.9. The van der Waals surface area contributed by atoms with Crippen LogP contribution in [0.5, 0.6) is 0 Å². The molecule has 0 aliphatic carbocycles. The first-order valence-electron chi connectivity index (χ1n) is 5.72. The number of hydrogen-bond donors (Lipinski definition) is 2. The highest BCUT2D eigenvalue weighted by Crippen LogP contribution is 2.33. The monoisotopic (exact) mass is 277 g/mol. The SMILES string of the molecule is C#CCCNCc1c(C(=O)O)sc2cccc(F)c12. The van der Waals surface area contributed by atoms with Gasteiger partial charge in [0.15, 0.2) is 0 Å². The average molecular weight is 277 g/mol. The van der Waals surface area contributed by atoms with Gasteiger partial charge >= 0.3 is 5.97 Å². The number of carboxylic acid groups (broad SMARTS) is 1. The standard InChI is InChI=1S/C14H12FNO2S/c1-2-3-7-16-8-9-12-10(15)5-4-6-11(12)19-13(9)14(17)18/h1,4-6,16H,3,7-8H2,(H,17,18). The van der Waals surface area contributed by atoms with Crippen LogP contribution in [0.3, 0.4) is 0 Å². The lowest BCUT2D eigenvalue weighted by atomic mass is 10.1.